The Morgan fingerprint density at radius 2 is 0.847 bits per heavy atom. The number of amides is 1. The molecule has 3 N–H and O–H groups in total. The highest BCUT2D eigenvalue weighted by Crippen LogP contribution is 2.18. The summed E-state index contributed by atoms with van der Waals surface area (Å²) in [6.07, 6.45) is 53.8. The standard InChI is InChI=1S/C53H101NO5/c1-4-7-10-13-16-19-22-24-25-26-28-31-34-37-40-43-46-53(58)59-49(44-41-38-35-32-30-27-23-20-17-14-11-8-5-2)47-52(57)54-50(48-55)51(56)45-42-39-36-33-29-21-18-15-12-9-6-3/h25-26,28,31,49-51,55-56H,4-24,27,29-30,32-48H2,1-3H3,(H,54,57)/b26-25+,31-28+. The van der Waals surface area contributed by atoms with Crippen molar-refractivity contribution in [1.82, 2.24) is 5.32 Å². The summed E-state index contributed by atoms with van der Waals surface area (Å²) in [4.78, 5) is 26.1. The van der Waals surface area contributed by atoms with Gasteiger partial charge in [0.1, 0.15) is 6.10 Å². The first-order valence-corrected chi connectivity index (χ1v) is 26.1. The lowest BCUT2D eigenvalue weighted by molar-refractivity contribution is -0.151. The van der Waals surface area contributed by atoms with Gasteiger partial charge in [0.2, 0.25) is 5.91 Å². The second-order valence-corrected chi connectivity index (χ2v) is 18.0. The lowest BCUT2D eigenvalue weighted by Gasteiger charge is -2.24. The van der Waals surface area contributed by atoms with Crippen molar-refractivity contribution in [2.24, 2.45) is 0 Å². The van der Waals surface area contributed by atoms with Gasteiger partial charge in [-0.2, -0.15) is 0 Å². The molecule has 6 heteroatoms. The fraction of sp³-hybridized carbons (Fsp3) is 0.887. The zero-order chi connectivity index (χ0) is 43.1. The monoisotopic (exact) mass is 832 g/mol. The third kappa shape index (κ3) is 42.8. The molecule has 348 valence electrons. The summed E-state index contributed by atoms with van der Waals surface area (Å²) in [7, 11) is 0. The third-order valence-electron chi connectivity index (χ3n) is 12.1. The molecule has 0 saturated carbocycles. The quantitative estimate of drug-likeness (QED) is 0.0322. The van der Waals surface area contributed by atoms with Crippen molar-refractivity contribution >= 4 is 11.9 Å². The summed E-state index contributed by atoms with van der Waals surface area (Å²) >= 11 is 0. The first-order valence-electron chi connectivity index (χ1n) is 26.1. The normalized spacial score (nSPS) is 13.4. The Kier molecular flexibility index (Phi) is 46.1. The number of aliphatic hydroxyl groups is 2. The minimum Gasteiger partial charge on any atom is -0.462 e. The number of carbonyl (C=O) groups is 2. The smallest absolute Gasteiger partial charge is 0.306 e. The first kappa shape index (κ1) is 57.3. The number of carbonyl (C=O) groups excluding carboxylic acids is 2. The molecule has 0 aromatic rings. The van der Waals surface area contributed by atoms with Crippen molar-refractivity contribution < 1.29 is 24.5 Å². The van der Waals surface area contributed by atoms with Crippen molar-refractivity contribution in [1.29, 1.82) is 0 Å². The number of aliphatic hydroxyl groups excluding tert-OH is 2. The van der Waals surface area contributed by atoms with Crippen LogP contribution in [-0.4, -0.2) is 46.9 Å². The molecule has 0 rings (SSSR count). The molecule has 0 fully saturated rings. The van der Waals surface area contributed by atoms with Gasteiger partial charge in [0.15, 0.2) is 0 Å². The highest BCUT2D eigenvalue weighted by Gasteiger charge is 2.24. The Bertz CT molecular complexity index is 935. The van der Waals surface area contributed by atoms with Crippen LogP contribution in [0.1, 0.15) is 278 Å². The van der Waals surface area contributed by atoms with Crippen molar-refractivity contribution in [3.8, 4) is 0 Å². The fourth-order valence-electron chi connectivity index (χ4n) is 8.07. The maximum atomic E-state index is 13.2. The number of esters is 1. The molecule has 0 aliphatic heterocycles. The van der Waals surface area contributed by atoms with Gasteiger partial charge in [-0.3, -0.25) is 9.59 Å². The number of hydrogen-bond acceptors (Lipinski definition) is 5. The molecule has 0 saturated heterocycles. The zero-order valence-electron chi connectivity index (χ0n) is 39.7. The summed E-state index contributed by atoms with van der Waals surface area (Å²) < 4.78 is 5.92. The van der Waals surface area contributed by atoms with Crippen LogP contribution >= 0.6 is 0 Å². The minimum atomic E-state index is -0.787. The van der Waals surface area contributed by atoms with E-state index >= 15 is 0 Å². The average molecular weight is 832 g/mol. The van der Waals surface area contributed by atoms with Gasteiger partial charge in [-0.05, 0) is 51.4 Å². The highest BCUT2D eigenvalue weighted by molar-refractivity contribution is 5.77. The Balaban J connectivity index is 4.58. The molecule has 0 bridgehead atoms. The maximum absolute atomic E-state index is 13.2. The number of nitrogens with one attached hydrogen (secondary N) is 1. The molecule has 0 aliphatic carbocycles. The molecule has 0 aliphatic rings. The Labute approximate surface area is 367 Å². The van der Waals surface area contributed by atoms with Crippen molar-refractivity contribution in [3.63, 3.8) is 0 Å². The topological polar surface area (TPSA) is 95.9 Å². The van der Waals surface area contributed by atoms with Gasteiger partial charge < -0.3 is 20.3 Å². The Morgan fingerprint density at radius 1 is 0.492 bits per heavy atom. The number of hydrogen-bond donors (Lipinski definition) is 3. The van der Waals surface area contributed by atoms with Crippen LogP contribution in [0.5, 0.6) is 0 Å². The number of allylic oxidation sites excluding steroid dienone is 4. The van der Waals surface area contributed by atoms with Crippen molar-refractivity contribution in [2.75, 3.05) is 6.61 Å². The Morgan fingerprint density at radius 3 is 1.25 bits per heavy atom. The van der Waals surface area contributed by atoms with Crippen LogP contribution in [0, 0.1) is 0 Å². The largest absolute Gasteiger partial charge is 0.462 e. The summed E-state index contributed by atoms with van der Waals surface area (Å²) in [6, 6.07) is -0.701. The van der Waals surface area contributed by atoms with Gasteiger partial charge >= 0.3 is 5.97 Å². The minimum absolute atomic E-state index is 0.0724. The molecule has 0 aromatic carbocycles. The van der Waals surface area contributed by atoms with Gasteiger partial charge in [-0.1, -0.05) is 238 Å². The van der Waals surface area contributed by atoms with Crippen LogP contribution in [0.15, 0.2) is 24.3 Å². The first-order chi connectivity index (χ1) is 29.0. The third-order valence-corrected chi connectivity index (χ3v) is 12.1. The Hall–Kier alpha value is -1.66. The summed E-state index contributed by atoms with van der Waals surface area (Å²) in [6.45, 7) is 6.48. The van der Waals surface area contributed by atoms with Gasteiger partial charge in [-0.15, -0.1) is 0 Å². The van der Waals surface area contributed by atoms with Crippen LogP contribution in [-0.2, 0) is 14.3 Å². The zero-order valence-corrected chi connectivity index (χ0v) is 39.7. The second-order valence-electron chi connectivity index (χ2n) is 18.0. The number of ether oxygens (including phenoxy) is 1. The van der Waals surface area contributed by atoms with Crippen LogP contribution in [0.3, 0.4) is 0 Å². The molecule has 3 unspecified atom stereocenters. The SMILES string of the molecule is CCCCCCCCC/C=C/C=C/CCCCCC(=O)OC(CCCCCCCCCCCCCCC)CC(=O)NC(CO)C(O)CCCCCCCCCCCCC. The van der Waals surface area contributed by atoms with Gasteiger partial charge in [0, 0.05) is 6.42 Å². The van der Waals surface area contributed by atoms with E-state index in [9.17, 15) is 19.8 Å². The molecule has 0 spiro atoms. The molecule has 59 heavy (non-hydrogen) atoms. The van der Waals surface area contributed by atoms with E-state index in [2.05, 4.69) is 50.4 Å². The van der Waals surface area contributed by atoms with E-state index in [4.69, 9.17) is 4.74 Å². The van der Waals surface area contributed by atoms with Crippen molar-refractivity contribution in [2.45, 2.75) is 296 Å². The van der Waals surface area contributed by atoms with E-state index in [1.807, 2.05) is 0 Å². The van der Waals surface area contributed by atoms with Crippen LogP contribution in [0.25, 0.3) is 0 Å². The lowest BCUT2D eigenvalue weighted by Crippen LogP contribution is -2.46. The molecule has 1 amide bonds. The van der Waals surface area contributed by atoms with E-state index in [-0.39, 0.29) is 24.9 Å². The number of unbranched alkanes of at least 4 members (excludes halogenated alkanes) is 32. The second kappa shape index (κ2) is 47.4. The van der Waals surface area contributed by atoms with Gasteiger partial charge in [-0.25, -0.2) is 0 Å². The molecule has 6 nitrogen and oxygen atoms in total. The van der Waals surface area contributed by atoms with E-state index in [0.29, 0.717) is 19.3 Å². The van der Waals surface area contributed by atoms with E-state index in [0.717, 1.165) is 64.2 Å². The molecule has 0 radical (unpaired) electrons. The summed E-state index contributed by atoms with van der Waals surface area (Å²) in [5.41, 5.74) is 0. The predicted molar refractivity (Wildman–Crippen MR) is 255 cm³/mol. The van der Waals surface area contributed by atoms with Gasteiger partial charge in [0.05, 0.1) is 25.2 Å². The number of rotatable bonds is 47. The molecule has 3 atom stereocenters. The van der Waals surface area contributed by atoms with Crippen molar-refractivity contribution in [3.05, 3.63) is 24.3 Å². The van der Waals surface area contributed by atoms with E-state index < -0.39 is 18.2 Å². The molecular formula is C53H101NO5. The van der Waals surface area contributed by atoms with Crippen LogP contribution in [0.2, 0.25) is 0 Å². The molecule has 0 heterocycles. The van der Waals surface area contributed by atoms with Gasteiger partial charge in [0.25, 0.3) is 0 Å². The molecule has 0 aromatic heterocycles. The summed E-state index contributed by atoms with van der Waals surface area (Å²) in [5.74, 6) is -0.491. The van der Waals surface area contributed by atoms with E-state index in [1.54, 1.807) is 0 Å². The molecular weight excluding hydrogens is 731 g/mol. The highest BCUT2D eigenvalue weighted by atomic mass is 16.5. The average Bonchev–Trinajstić information content (AvgIpc) is 3.23. The van der Waals surface area contributed by atoms with Crippen LogP contribution < -0.4 is 5.32 Å². The fourth-order valence-corrected chi connectivity index (χ4v) is 8.07. The van der Waals surface area contributed by atoms with Crippen LogP contribution in [0.4, 0.5) is 0 Å². The van der Waals surface area contributed by atoms with E-state index in [1.165, 1.54) is 167 Å². The lowest BCUT2D eigenvalue weighted by atomic mass is 10.0. The predicted octanol–water partition coefficient (Wildman–Crippen LogP) is 15.5. The summed E-state index contributed by atoms with van der Waals surface area (Å²) in [5, 5.41) is 23.7. The maximum Gasteiger partial charge on any atom is 0.306 e.